The molecule has 0 unspecified atom stereocenters. The molecule has 0 aliphatic carbocycles. The average Bonchev–Trinajstić information content (AvgIpc) is 1.82. The van der Waals surface area contributed by atoms with Gasteiger partial charge in [-0.2, -0.15) is 0 Å². The second kappa shape index (κ2) is 3.44. The van der Waals surface area contributed by atoms with Crippen LogP contribution in [0.4, 0.5) is 4.79 Å². The summed E-state index contributed by atoms with van der Waals surface area (Å²) in [5, 5.41) is 7.73. The van der Waals surface area contributed by atoms with Crippen LogP contribution >= 0.6 is 0 Å². The van der Waals surface area contributed by atoms with Gasteiger partial charge in [0.25, 0.3) is 0 Å². The molecule has 6 heteroatoms. The van der Waals surface area contributed by atoms with Gasteiger partial charge in [0.15, 0.2) is 0 Å². The molecule has 0 aromatic heterocycles. The Labute approximate surface area is 55.3 Å². The van der Waals surface area contributed by atoms with E-state index in [-0.39, 0.29) is 0 Å². The number of carbonyl (C=O) groups is 3. The van der Waals surface area contributed by atoms with Gasteiger partial charge in [-0.25, -0.2) is 19.4 Å². The van der Waals surface area contributed by atoms with Gasteiger partial charge in [-0.1, -0.05) is 0 Å². The van der Waals surface area contributed by atoms with Gasteiger partial charge in [0.2, 0.25) is 5.78 Å². The first kappa shape index (κ1) is 8.41. The van der Waals surface area contributed by atoms with Crippen LogP contribution < -0.4 is 0 Å². The molecule has 0 saturated heterocycles. The predicted octanol–water partition coefficient (Wildman–Crippen LogP) is -0.272. The van der Waals surface area contributed by atoms with Crippen molar-refractivity contribution >= 4 is 17.9 Å². The van der Waals surface area contributed by atoms with Gasteiger partial charge in [-0.15, -0.1) is 0 Å². The molecule has 56 valence electrons. The lowest BCUT2D eigenvalue weighted by Crippen LogP contribution is -2.15. The first-order chi connectivity index (χ1) is 4.54. The molecule has 0 saturated carbocycles. The summed E-state index contributed by atoms with van der Waals surface area (Å²) in [6.07, 6.45) is -1.78. The van der Waals surface area contributed by atoms with Crippen LogP contribution in [0.15, 0.2) is 0 Å². The molecular formula is C4H4O6. The Morgan fingerprint density at radius 3 is 2.00 bits per heavy atom. The maximum atomic E-state index is 10.1. The van der Waals surface area contributed by atoms with Crippen LogP contribution in [0.2, 0.25) is 0 Å². The van der Waals surface area contributed by atoms with Crippen molar-refractivity contribution in [2.75, 3.05) is 0 Å². The van der Waals surface area contributed by atoms with E-state index >= 15 is 0 Å². The highest BCUT2D eigenvalue weighted by Crippen LogP contribution is 1.82. The van der Waals surface area contributed by atoms with Crippen molar-refractivity contribution in [3.8, 4) is 0 Å². The standard InChI is InChI=1S/C4H4O6/c1-2(5)3(6)9-10-4(7)8/h1H3,(H,7,8). The van der Waals surface area contributed by atoms with Gasteiger partial charge in [0.1, 0.15) is 0 Å². The SMILES string of the molecule is CC(=O)C(=O)OOC(=O)O. The number of carboxylic acid groups (broad SMARTS) is 1. The molecule has 0 bridgehead atoms. The average molecular weight is 148 g/mol. The van der Waals surface area contributed by atoms with Crippen molar-refractivity contribution in [2.45, 2.75) is 6.92 Å². The predicted molar refractivity (Wildman–Crippen MR) is 25.9 cm³/mol. The highest BCUT2D eigenvalue weighted by Gasteiger charge is 2.12. The third kappa shape index (κ3) is 3.42. The molecule has 0 spiro atoms. The van der Waals surface area contributed by atoms with Crippen LogP contribution in [-0.2, 0) is 19.4 Å². The fourth-order valence-electron chi connectivity index (χ4n) is 0.132. The Bertz CT molecular complexity index is 171. The zero-order chi connectivity index (χ0) is 8.15. The number of ketones is 1. The monoisotopic (exact) mass is 148 g/mol. The van der Waals surface area contributed by atoms with Crippen molar-refractivity contribution in [3.63, 3.8) is 0 Å². The van der Waals surface area contributed by atoms with Gasteiger partial charge in [0.05, 0.1) is 0 Å². The second-order valence-electron chi connectivity index (χ2n) is 1.28. The molecular weight excluding hydrogens is 144 g/mol. The molecule has 6 nitrogen and oxygen atoms in total. The normalized spacial score (nSPS) is 8.10. The Morgan fingerprint density at radius 1 is 1.20 bits per heavy atom. The number of rotatable bonds is 1. The van der Waals surface area contributed by atoms with Crippen LogP contribution in [0, 0.1) is 0 Å². The van der Waals surface area contributed by atoms with E-state index in [0.717, 1.165) is 6.92 Å². The fraction of sp³-hybridized carbons (Fsp3) is 0.250. The fourth-order valence-corrected chi connectivity index (χ4v) is 0.132. The molecule has 0 aromatic rings. The number of Topliss-reactive ketones (excluding diaryl/α,β-unsaturated/α-hetero) is 1. The summed E-state index contributed by atoms with van der Waals surface area (Å²) >= 11 is 0. The van der Waals surface area contributed by atoms with E-state index < -0.39 is 17.9 Å². The van der Waals surface area contributed by atoms with Crippen LogP contribution in [0.25, 0.3) is 0 Å². The number of carbonyl (C=O) groups excluding carboxylic acids is 2. The first-order valence-electron chi connectivity index (χ1n) is 2.16. The Balaban J connectivity index is 3.60. The summed E-state index contributed by atoms with van der Waals surface area (Å²) in [5.74, 6) is -2.27. The summed E-state index contributed by atoms with van der Waals surface area (Å²) in [6, 6.07) is 0. The Morgan fingerprint density at radius 2 is 1.70 bits per heavy atom. The lowest BCUT2D eigenvalue weighted by atomic mass is 10.5. The molecule has 0 fully saturated rings. The van der Waals surface area contributed by atoms with E-state index in [4.69, 9.17) is 5.11 Å². The van der Waals surface area contributed by atoms with E-state index in [0.29, 0.717) is 0 Å². The van der Waals surface area contributed by atoms with E-state index in [1.807, 2.05) is 0 Å². The highest BCUT2D eigenvalue weighted by atomic mass is 17.2. The lowest BCUT2D eigenvalue weighted by Gasteiger charge is -1.93. The van der Waals surface area contributed by atoms with E-state index in [1.54, 1.807) is 0 Å². The zero-order valence-electron chi connectivity index (χ0n) is 4.99. The summed E-state index contributed by atoms with van der Waals surface area (Å²) < 4.78 is 0. The molecule has 0 aliphatic rings. The van der Waals surface area contributed by atoms with Crippen LogP contribution in [-0.4, -0.2) is 23.0 Å². The number of hydrogen-bond acceptors (Lipinski definition) is 5. The minimum absolute atomic E-state index is 0.924. The smallest absolute Gasteiger partial charge is 0.447 e. The summed E-state index contributed by atoms with van der Waals surface area (Å²) in [6.45, 7) is 0.924. The second-order valence-corrected chi connectivity index (χ2v) is 1.28. The Kier molecular flexibility index (Phi) is 2.89. The highest BCUT2D eigenvalue weighted by molar-refractivity contribution is 6.32. The molecule has 0 radical (unpaired) electrons. The molecule has 0 amide bonds. The van der Waals surface area contributed by atoms with Gasteiger partial charge in [0, 0.05) is 6.92 Å². The van der Waals surface area contributed by atoms with Gasteiger partial charge < -0.3 is 5.11 Å². The van der Waals surface area contributed by atoms with E-state index in [1.165, 1.54) is 0 Å². The van der Waals surface area contributed by atoms with E-state index in [2.05, 4.69) is 9.78 Å². The number of hydrogen-bond donors (Lipinski definition) is 1. The van der Waals surface area contributed by atoms with Crippen molar-refractivity contribution in [1.82, 2.24) is 0 Å². The minimum Gasteiger partial charge on any atom is -0.447 e. The third-order valence-electron chi connectivity index (χ3n) is 0.476. The van der Waals surface area contributed by atoms with Crippen molar-refractivity contribution in [2.24, 2.45) is 0 Å². The molecule has 0 atom stereocenters. The van der Waals surface area contributed by atoms with Crippen LogP contribution in [0.5, 0.6) is 0 Å². The summed E-state index contributed by atoms with van der Waals surface area (Å²) in [7, 11) is 0. The maximum absolute atomic E-state index is 10.1. The third-order valence-corrected chi connectivity index (χ3v) is 0.476. The minimum atomic E-state index is -1.78. The van der Waals surface area contributed by atoms with Crippen LogP contribution in [0.3, 0.4) is 0 Å². The van der Waals surface area contributed by atoms with Crippen LogP contribution in [0.1, 0.15) is 6.92 Å². The zero-order valence-corrected chi connectivity index (χ0v) is 4.99. The van der Waals surface area contributed by atoms with Gasteiger partial charge in [-0.05, 0) is 0 Å². The molecule has 0 aromatic carbocycles. The van der Waals surface area contributed by atoms with Crippen molar-refractivity contribution < 1.29 is 29.3 Å². The van der Waals surface area contributed by atoms with Crippen molar-refractivity contribution in [1.29, 1.82) is 0 Å². The van der Waals surface area contributed by atoms with Crippen molar-refractivity contribution in [3.05, 3.63) is 0 Å². The molecule has 0 aliphatic heterocycles. The molecule has 0 heterocycles. The first-order valence-corrected chi connectivity index (χ1v) is 2.16. The molecule has 0 rings (SSSR count). The molecule has 1 N–H and O–H groups in total. The topological polar surface area (TPSA) is 89.9 Å². The maximum Gasteiger partial charge on any atom is 0.547 e. The quantitative estimate of drug-likeness (QED) is 0.312. The molecule has 10 heavy (non-hydrogen) atoms. The lowest BCUT2D eigenvalue weighted by molar-refractivity contribution is -0.238. The largest absolute Gasteiger partial charge is 0.547 e. The Hall–Kier alpha value is -1.59. The van der Waals surface area contributed by atoms with E-state index in [9.17, 15) is 14.4 Å². The summed E-state index contributed by atoms with van der Waals surface area (Å²) in [5.41, 5.74) is 0. The van der Waals surface area contributed by atoms with Gasteiger partial charge in [-0.3, -0.25) is 4.79 Å². The summed E-state index contributed by atoms with van der Waals surface area (Å²) in [4.78, 5) is 36.4. The van der Waals surface area contributed by atoms with Gasteiger partial charge >= 0.3 is 12.1 Å².